The molecule has 4 heterocycles. The second kappa shape index (κ2) is 8.00. The van der Waals surface area contributed by atoms with Gasteiger partial charge >= 0.3 is 0 Å². The van der Waals surface area contributed by atoms with Crippen LogP contribution in [0.2, 0.25) is 0 Å². The van der Waals surface area contributed by atoms with Gasteiger partial charge in [0.25, 0.3) is 0 Å². The molecule has 1 aromatic carbocycles. The topological polar surface area (TPSA) is 52.4 Å². The number of ether oxygens (including phenoxy) is 2. The predicted octanol–water partition coefficient (Wildman–Crippen LogP) is 4.02. The second-order valence-electron chi connectivity index (χ2n) is 8.68. The summed E-state index contributed by atoms with van der Waals surface area (Å²) in [5.74, 6) is 1.99. The smallest absolute Gasteiger partial charge is 0.128 e. The first-order valence-electron chi connectivity index (χ1n) is 11.1. The van der Waals surface area contributed by atoms with Crippen molar-refractivity contribution in [3.8, 4) is 5.75 Å². The van der Waals surface area contributed by atoms with Crippen molar-refractivity contribution in [2.75, 3.05) is 31.7 Å². The van der Waals surface area contributed by atoms with E-state index in [2.05, 4.69) is 53.3 Å². The first-order chi connectivity index (χ1) is 15.1. The highest BCUT2D eigenvalue weighted by Crippen LogP contribution is 2.46. The number of aryl methyl sites for hydroxylation is 2. The zero-order valence-electron chi connectivity index (χ0n) is 18.6. The van der Waals surface area contributed by atoms with Gasteiger partial charge in [0.1, 0.15) is 17.2 Å². The fourth-order valence-electron chi connectivity index (χ4n) is 5.10. The number of aromatic nitrogens is 3. The maximum Gasteiger partial charge on any atom is 0.128 e. The Morgan fingerprint density at radius 3 is 2.65 bits per heavy atom. The van der Waals surface area contributed by atoms with Crippen LogP contribution in [0.4, 0.5) is 5.82 Å². The molecule has 2 aliphatic heterocycles. The normalized spacial score (nSPS) is 17.6. The van der Waals surface area contributed by atoms with Crippen molar-refractivity contribution in [3.05, 3.63) is 70.7 Å². The molecule has 1 fully saturated rings. The summed E-state index contributed by atoms with van der Waals surface area (Å²) >= 11 is 0. The summed E-state index contributed by atoms with van der Waals surface area (Å²) < 4.78 is 14.2. The maximum absolute atomic E-state index is 6.42. The zero-order valence-corrected chi connectivity index (χ0v) is 18.6. The van der Waals surface area contributed by atoms with Crippen molar-refractivity contribution < 1.29 is 9.47 Å². The van der Waals surface area contributed by atoms with Crippen molar-refractivity contribution in [3.63, 3.8) is 0 Å². The molecule has 2 aromatic heterocycles. The SMILES string of the molecule is COc1cccc2c1C1(CCN(c3ccc(Cn4nc(C)cc4C)cn3)CC1)OCC2. The van der Waals surface area contributed by atoms with E-state index in [-0.39, 0.29) is 5.60 Å². The number of anilines is 1. The molecule has 0 atom stereocenters. The minimum absolute atomic E-state index is 0.244. The quantitative estimate of drug-likeness (QED) is 0.641. The van der Waals surface area contributed by atoms with Gasteiger partial charge in [0.2, 0.25) is 0 Å². The third-order valence-corrected chi connectivity index (χ3v) is 6.68. The Hall–Kier alpha value is -2.86. The number of methoxy groups -OCH3 is 1. The molecule has 6 nitrogen and oxygen atoms in total. The molecule has 6 heteroatoms. The van der Waals surface area contributed by atoms with Gasteiger partial charge in [-0.1, -0.05) is 18.2 Å². The Morgan fingerprint density at radius 1 is 1.13 bits per heavy atom. The first-order valence-corrected chi connectivity index (χ1v) is 11.1. The number of hydrogen-bond acceptors (Lipinski definition) is 5. The molecule has 162 valence electrons. The minimum Gasteiger partial charge on any atom is -0.496 e. The molecular formula is C25H30N4O2. The highest BCUT2D eigenvalue weighted by atomic mass is 16.5. The number of fused-ring (bicyclic) bond motifs is 2. The van der Waals surface area contributed by atoms with Crippen LogP contribution in [-0.4, -0.2) is 41.6 Å². The molecule has 0 bridgehead atoms. The third kappa shape index (κ3) is 3.69. The van der Waals surface area contributed by atoms with E-state index in [1.54, 1.807) is 7.11 Å². The molecule has 0 aliphatic carbocycles. The maximum atomic E-state index is 6.42. The number of pyridine rings is 1. The van der Waals surface area contributed by atoms with Crippen molar-refractivity contribution in [2.24, 2.45) is 0 Å². The van der Waals surface area contributed by atoms with Gasteiger partial charge in [-0.05, 0) is 62.4 Å². The Morgan fingerprint density at radius 2 is 1.97 bits per heavy atom. The predicted molar refractivity (Wildman–Crippen MR) is 121 cm³/mol. The summed E-state index contributed by atoms with van der Waals surface area (Å²) in [7, 11) is 1.75. The molecule has 1 saturated heterocycles. The highest BCUT2D eigenvalue weighted by Gasteiger charge is 2.43. The van der Waals surface area contributed by atoms with E-state index in [1.807, 2.05) is 17.8 Å². The van der Waals surface area contributed by atoms with Crippen LogP contribution < -0.4 is 9.64 Å². The molecule has 1 spiro atoms. The summed E-state index contributed by atoms with van der Waals surface area (Å²) in [5, 5.41) is 4.55. The lowest BCUT2D eigenvalue weighted by Crippen LogP contribution is -2.47. The lowest BCUT2D eigenvalue weighted by molar-refractivity contribution is -0.0780. The third-order valence-electron chi connectivity index (χ3n) is 6.68. The van der Waals surface area contributed by atoms with Crippen LogP contribution in [0.1, 0.15) is 40.9 Å². The van der Waals surface area contributed by atoms with Gasteiger partial charge < -0.3 is 14.4 Å². The number of piperidine rings is 1. The van der Waals surface area contributed by atoms with Crippen molar-refractivity contribution in [1.29, 1.82) is 0 Å². The fraction of sp³-hybridized carbons (Fsp3) is 0.440. The Bertz CT molecular complexity index is 1050. The van der Waals surface area contributed by atoms with Crippen LogP contribution in [0.3, 0.4) is 0 Å². The number of hydrogen-bond donors (Lipinski definition) is 0. The molecule has 0 N–H and O–H groups in total. The van der Waals surface area contributed by atoms with E-state index in [4.69, 9.17) is 14.5 Å². The highest BCUT2D eigenvalue weighted by molar-refractivity contribution is 5.48. The van der Waals surface area contributed by atoms with E-state index in [0.29, 0.717) is 0 Å². The van der Waals surface area contributed by atoms with Gasteiger partial charge in [-0.15, -0.1) is 0 Å². The van der Waals surface area contributed by atoms with Gasteiger partial charge in [-0.3, -0.25) is 4.68 Å². The number of benzene rings is 1. The molecule has 31 heavy (non-hydrogen) atoms. The summed E-state index contributed by atoms with van der Waals surface area (Å²) in [5.41, 5.74) is 5.77. The molecule has 5 rings (SSSR count). The zero-order chi connectivity index (χ0) is 21.4. The summed E-state index contributed by atoms with van der Waals surface area (Å²) in [4.78, 5) is 7.13. The van der Waals surface area contributed by atoms with Gasteiger partial charge in [0.05, 0.1) is 26.0 Å². The average molecular weight is 419 g/mol. The van der Waals surface area contributed by atoms with Crippen LogP contribution in [0.5, 0.6) is 5.75 Å². The van der Waals surface area contributed by atoms with Crippen LogP contribution >= 0.6 is 0 Å². The first kappa shape index (κ1) is 20.1. The van der Waals surface area contributed by atoms with Gasteiger partial charge in [-0.25, -0.2) is 4.98 Å². The second-order valence-corrected chi connectivity index (χ2v) is 8.68. The summed E-state index contributed by atoms with van der Waals surface area (Å²) in [6, 6.07) is 12.8. The fourth-order valence-corrected chi connectivity index (χ4v) is 5.10. The van der Waals surface area contributed by atoms with E-state index < -0.39 is 0 Å². The van der Waals surface area contributed by atoms with E-state index in [9.17, 15) is 0 Å². The number of nitrogens with zero attached hydrogens (tertiary/aromatic N) is 4. The van der Waals surface area contributed by atoms with E-state index in [1.165, 1.54) is 16.8 Å². The van der Waals surface area contributed by atoms with Crippen LogP contribution in [-0.2, 0) is 23.3 Å². The molecular weight excluding hydrogens is 388 g/mol. The molecule has 0 unspecified atom stereocenters. The Kier molecular flexibility index (Phi) is 5.18. The molecule has 2 aliphatic rings. The Balaban J connectivity index is 1.30. The van der Waals surface area contributed by atoms with Gasteiger partial charge in [0.15, 0.2) is 0 Å². The molecule has 0 saturated carbocycles. The van der Waals surface area contributed by atoms with Gasteiger partial charge in [0, 0.05) is 30.5 Å². The van der Waals surface area contributed by atoms with Crippen molar-refractivity contribution in [1.82, 2.24) is 14.8 Å². The Labute approximate surface area is 183 Å². The van der Waals surface area contributed by atoms with Gasteiger partial charge in [-0.2, -0.15) is 5.10 Å². The summed E-state index contributed by atoms with van der Waals surface area (Å²) in [6.07, 6.45) is 4.81. The van der Waals surface area contributed by atoms with Crippen molar-refractivity contribution in [2.45, 2.75) is 45.3 Å². The minimum atomic E-state index is -0.244. The van der Waals surface area contributed by atoms with Crippen LogP contribution in [0, 0.1) is 13.8 Å². The largest absolute Gasteiger partial charge is 0.496 e. The molecule has 0 amide bonds. The standard InChI is InChI=1S/C25H30N4O2/c1-18-15-19(2)29(27-18)17-20-7-8-23(26-16-20)28-12-10-25(11-13-28)24-21(9-14-31-25)5-4-6-22(24)30-3/h4-8,15-16H,9-14,17H2,1-3H3. The monoisotopic (exact) mass is 418 g/mol. The molecule has 3 aromatic rings. The van der Waals surface area contributed by atoms with Crippen molar-refractivity contribution >= 4 is 5.82 Å². The van der Waals surface area contributed by atoms with E-state index in [0.717, 1.165) is 68.3 Å². The lowest BCUT2D eigenvalue weighted by Gasteiger charge is -2.45. The van der Waals surface area contributed by atoms with Crippen LogP contribution in [0.25, 0.3) is 0 Å². The number of rotatable bonds is 4. The lowest BCUT2D eigenvalue weighted by atomic mass is 9.79. The van der Waals surface area contributed by atoms with E-state index >= 15 is 0 Å². The summed E-state index contributed by atoms with van der Waals surface area (Å²) in [6.45, 7) is 7.48. The average Bonchev–Trinajstić information content (AvgIpc) is 3.11. The van der Waals surface area contributed by atoms with Crippen LogP contribution in [0.15, 0.2) is 42.6 Å². The molecule has 0 radical (unpaired) electrons.